The number of hydrogen-bond acceptors (Lipinski definition) is 3. The van der Waals surface area contributed by atoms with Crippen molar-refractivity contribution in [3.05, 3.63) is 114 Å². The monoisotopic (exact) mass is 484 g/mol. The van der Waals surface area contributed by atoms with Crippen molar-refractivity contribution in [3.63, 3.8) is 0 Å². The van der Waals surface area contributed by atoms with Crippen molar-refractivity contribution in [3.8, 4) is 0 Å². The molecule has 6 heteroatoms. The van der Waals surface area contributed by atoms with Crippen LogP contribution >= 0.6 is 11.6 Å². The quantitative estimate of drug-likeness (QED) is 0.294. The zero-order chi connectivity index (χ0) is 24.4. The molecule has 0 saturated heterocycles. The normalized spacial score (nSPS) is 13.7. The Morgan fingerprint density at radius 2 is 1.54 bits per heavy atom. The summed E-state index contributed by atoms with van der Waals surface area (Å²) in [5, 5.41) is 1.02. The van der Waals surface area contributed by atoms with Crippen LogP contribution in [0.2, 0.25) is 0 Å². The number of halogens is 1. The maximum absolute atomic E-state index is 14.2. The van der Waals surface area contributed by atoms with Crippen LogP contribution < -0.4 is 0 Å². The van der Waals surface area contributed by atoms with Crippen LogP contribution in [0.1, 0.15) is 29.3 Å². The topological polar surface area (TPSA) is 62.4 Å². The Balaban J connectivity index is 1.64. The second-order valence-electron chi connectivity index (χ2n) is 8.43. The van der Waals surface area contributed by atoms with Crippen molar-refractivity contribution in [2.24, 2.45) is 0 Å². The van der Waals surface area contributed by atoms with Gasteiger partial charge in [-0.3, -0.25) is 4.79 Å². The van der Waals surface area contributed by atoms with E-state index in [0.29, 0.717) is 35.4 Å². The molecule has 4 aromatic rings. The van der Waals surface area contributed by atoms with Gasteiger partial charge in [0.1, 0.15) is 0 Å². The van der Waals surface area contributed by atoms with E-state index in [1.165, 1.54) is 0 Å². The second kappa shape index (κ2) is 9.43. The van der Waals surface area contributed by atoms with Crippen molar-refractivity contribution in [1.29, 1.82) is 0 Å². The highest BCUT2D eigenvalue weighted by Gasteiger charge is 2.43. The number of fused-ring (bicyclic) bond motifs is 3. The molecule has 0 aliphatic carbocycles. The first-order valence-corrected chi connectivity index (χ1v) is 12.0. The number of nitrogens with one attached hydrogen (secondary N) is 1. The zero-order valence-electron chi connectivity index (χ0n) is 19.3. The summed E-state index contributed by atoms with van der Waals surface area (Å²) in [4.78, 5) is 30.8. The molecule has 0 spiro atoms. The maximum atomic E-state index is 14.2. The molecule has 35 heavy (non-hydrogen) atoms. The first-order valence-electron chi connectivity index (χ1n) is 11.6. The lowest BCUT2D eigenvalue weighted by Crippen LogP contribution is -2.42. The van der Waals surface area contributed by atoms with Gasteiger partial charge in [-0.25, -0.2) is 4.79 Å². The first-order chi connectivity index (χ1) is 17.0. The Hall–Kier alpha value is -3.83. The molecule has 0 unspecified atom stereocenters. The number of aromatic amines is 1. The number of H-pyrrole nitrogens is 1. The fourth-order valence-electron chi connectivity index (χ4n) is 4.68. The van der Waals surface area contributed by atoms with E-state index in [0.717, 1.165) is 16.5 Å². The van der Waals surface area contributed by atoms with Gasteiger partial charge in [0.2, 0.25) is 0 Å². The fourth-order valence-corrected chi connectivity index (χ4v) is 5.04. The molecular formula is C29H25ClN2O3. The molecule has 0 atom stereocenters. The summed E-state index contributed by atoms with van der Waals surface area (Å²) in [6.07, 6.45) is 2.14. The van der Waals surface area contributed by atoms with Crippen LogP contribution in [0.25, 0.3) is 16.5 Å². The predicted octanol–water partition coefficient (Wildman–Crippen LogP) is 5.64. The van der Waals surface area contributed by atoms with E-state index in [2.05, 4.69) is 4.98 Å². The highest BCUT2D eigenvalue weighted by atomic mass is 35.5. The number of carbonyl (C=O) groups is 2. The van der Waals surface area contributed by atoms with Crippen LogP contribution in [0.4, 0.5) is 0 Å². The number of carbonyl (C=O) groups excluding carboxylic acids is 2. The van der Waals surface area contributed by atoms with Crippen molar-refractivity contribution in [2.45, 2.75) is 18.2 Å². The van der Waals surface area contributed by atoms with E-state index in [-0.39, 0.29) is 12.5 Å². The molecule has 1 N–H and O–H groups in total. The highest BCUT2D eigenvalue weighted by molar-refractivity contribution is 6.37. The maximum Gasteiger partial charge on any atom is 0.341 e. The average Bonchev–Trinajstić information content (AvgIpc) is 3.16. The van der Waals surface area contributed by atoms with Gasteiger partial charge in [-0.1, -0.05) is 90.5 Å². The van der Waals surface area contributed by atoms with Crippen LogP contribution in [-0.2, 0) is 25.6 Å². The molecule has 0 bridgehead atoms. The molecule has 0 saturated carbocycles. The summed E-state index contributed by atoms with van der Waals surface area (Å²) in [5.74, 6) is -0.813. The number of alkyl halides is 1. The van der Waals surface area contributed by atoms with Gasteiger partial charge in [0, 0.05) is 23.6 Å². The Bertz CT molecular complexity index is 1370. The Morgan fingerprint density at radius 1 is 0.943 bits per heavy atom. The van der Waals surface area contributed by atoms with Gasteiger partial charge < -0.3 is 14.6 Å². The Morgan fingerprint density at radius 3 is 2.17 bits per heavy atom. The third-order valence-corrected chi connectivity index (χ3v) is 6.96. The molecule has 5 rings (SSSR count). The van der Waals surface area contributed by atoms with Crippen LogP contribution in [0, 0.1) is 0 Å². The third kappa shape index (κ3) is 4.02. The SMILES string of the molecule is CCOC(=O)C1=CN(C(=O)C(Cl)(c2ccccc2)c2ccccc2)CCc2c1[nH]c1ccccc21. The molecule has 0 fully saturated rings. The van der Waals surface area contributed by atoms with E-state index >= 15 is 0 Å². The van der Waals surface area contributed by atoms with Crippen LogP contribution in [-0.4, -0.2) is 34.9 Å². The van der Waals surface area contributed by atoms with Crippen molar-refractivity contribution in [2.75, 3.05) is 13.2 Å². The summed E-state index contributed by atoms with van der Waals surface area (Å²) in [7, 11) is 0. The summed E-state index contributed by atoms with van der Waals surface area (Å²) >= 11 is 7.25. The van der Waals surface area contributed by atoms with Crippen LogP contribution in [0.15, 0.2) is 91.1 Å². The number of nitrogens with zero attached hydrogens (tertiary/aromatic N) is 1. The minimum absolute atomic E-state index is 0.229. The van der Waals surface area contributed by atoms with E-state index < -0.39 is 10.8 Å². The number of benzene rings is 3. The molecule has 1 aliphatic heterocycles. The van der Waals surface area contributed by atoms with Crippen molar-refractivity contribution < 1.29 is 14.3 Å². The lowest BCUT2D eigenvalue weighted by Gasteiger charge is -2.32. The number of ether oxygens (including phenoxy) is 1. The largest absolute Gasteiger partial charge is 0.462 e. The van der Waals surface area contributed by atoms with Gasteiger partial charge in [0.15, 0.2) is 4.87 Å². The first kappa shape index (κ1) is 22.9. The third-order valence-electron chi connectivity index (χ3n) is 6.36. The lowest BCUT2D eigenvalue weighted by molar-refractivity contribution is -0.136. The van der Waals surface area contributed by atoms with Crippen LogP contribution in [0.3, 0.4) is 0 Å². The Labute approximate surface area is 209 Å². The second-order valence-corrected chi connectivity index (χ2v) is 8.99. The molecule has 0 radical (unpaired) electrons. The minimum atomic E-state index is -1.46. The lowest BCUT2D eigenvalue weighted by atomic mass is 9.89. The molecule has 1 amide bonds. The summed E-state index contributed by atoms with van der Waals surface area (Å²) < 4.78 is 5.37. The summed E-state index contributed by atoms with van der Waals surface area (Å²) in [6, 6.07) is 26.5. The standard InChI is InChI=1S/C29H25ClN2O3/c1-2-35-27(33)24-19-32(18-17-23-22-15-9-10-16-25(22)31-26(23)24)28(34)29(30,20-11-5-3-6-12-20)21-13-7-4-8-14-21/h3-16,19,31H,2,17-18H2,1H3. The molecular weight excluding hydrogens is 460 g/mol. The van der Waals surface area contributed by atoms with Gasteiger partial charge in [-0.05, 0) is 36.1 Å². The summed E-state index contributed by atoms with van der Waals surface area (Å²) in [6.45, 7) is 2.36. The molecule has 3 aromatic carbocycles. The highest BCUT2D eigenvalue weighted by Crippen LogP contribution is 2.40. The zero-order valence-corrected chi connectivity index (χ0v) is 20.1. The molecule has 5 nitrogen and oxygen atoms in total. The number of para-hydroxylation sites is 1. The molecule has 176 valence electrons. The van der Waals surface area contributed by atoms with Gasteiger partial charge >= 0.3 is 5.97 Å². The molecule has 1 aromatic heterocycles. The molecule has 1 aliphatic rings. The van der Waals surface area contributed by atoms with E-state index in [1.54, 1.807) is 18.0 Å². The minimum Gasteiger partial charge on any atom is -0.462 e. The van der Waals surface area contributed by atoms with E-state index in [1.807, 2.05) is 84.9 Å². The van der Waals surface area contributed by atoms with Gasteiger partial charge in [0.25, 0.3) is 5.91 Å². The predicted molar refractivity (Wildman–Crippen MR) is 138 cm³/mol. The van der Waals surface area contributed by atoms with Gasteiger partial charge in [-0.15, -0.1) is 0 Å². The number of amides is 1. The molecule has 2 heterocycles. The smallest absolute Gasteiger partial charge is 0.341 e. The Kier molecular flexibility index (Phi) is 6.18. The number of esters is 1. The number of aromatic nitrogens is 1. The van der Waals surface area contributed by atoms with E-state index in [4.69, 9.17) is 16.3 Å². The number of rotatable bonds is 5. The number of hydrogen-bond donors (Lipinski definition) is 1. The fraction of sp³-hybridized carbons (Fsp3) is 0.172. The average molecular weight is 485 g/mol. The van der Waals surface area contributed by atoms with E-state index in [9.17, 15) is 9.59 Å². The van der Waals surface area contributed by atoms with Crippen LogP contribution in [0.5, 0.6) is 0 Å². The van der Waals surface area contributed by atoms with Crippen molar-refractivity contribution >= 4 is 40.0 Å². The van der Waals surface area contributed by atoms with Gasteiger partial charge in [0.05, 0.1) is 17.9 Å². The summed E-state index contributed by atoms with van der Waals surface area (Å²) in [5.41, 5.74) is 4.24. The van der Waals surface area contributed by atoms with Crippen molar-refractivity contribution in [1.82, 2.24) is 9.88 Å². The van der Waals surface area contributed by atoms with Gasteiger partial charge in [-0.2, -0.15) is 0 Å².